The van der Waals surface area contributed by atoms with E-state index in [-0.39, 0.29) is 0 Å². The van der Waals surface area contributed by atoms with Crippen molar-refractivity contribution in [3.63, 3.8) is 0 Å². The monoisotopic (exact) mass is 303 g/mol. The van der Waals surface area contributed by atoms with Crippen molar-refractivity contribution in [3.05, 3.63) is 35.9 Å². The van der Waals surface area contributed by atoms with Gasteiger partial charge in [-0.3, -0.25) is 5.32 Å². The zero-order valence-corrected chi connectivity index (χ0v) is 14.2. The van der Waals surface area contributed by atoms with Gasteiger partial charge in [-0.1, -0.05) is 56.5 Å². The van der Waals surface area contributed by atoms with Crippen molar-refractivity contribution in [1.82, 2.24) is 5.32 Å². The smallest absolute Gasteiger partial charge is 0.108 e. The largest absolute Gasteiger partial charge is 0.363 e. The molecule has 0 bridgehead atoms. The second-order valence-corrected chi connectivity index (χ2v) is 6.79. The molecule has 1 aliphatic heterocycles. The number of nitrogens with one attached hydrogen (secondary N) is 1. The highest BCUT2D eigenvalue weighted by Crippen LogP contribution is 2.15. The topological polar surface area (TPSA) is 21.3 Å². The Kier molecular flexibility index (Phi) is 8.59. The van der Waals surface area contributed by atoms with Crippen molar-refractivity contribution in [2.75, 3.05) is 13.2 Å². The van der Waals surface area contributed by atoms with Crippen molar-refractivity contribution < 1.29 is 4.74 Å². The quantitative estimate of drug-likeness (QED) is 0.771. The predicted molar refractivity (Wildman–Crippen MR) is 94.0 cm³/mol. The van der Waals surface area contributed by atoms with E-state index in [0.717, 1.165) is 19.1 Å². The maximum Gasteiger partial charge on any atom is 0.108 e. The molecule has 2 nitrogen and oxygen atoms in total. The van der Waals surface area contributed by atoms with E-state index in [1.165, 1.54) is 63.4 Å². The van der Waals surface area contributed by atoms with Crippen LogP contribution in [0.3, 0.4) is 0 Å². The maximum absolute atomic E-state index is 6.09. The van der Waals surface area contributed by atoms with Gasteiger partial charge in [-0.05, 0) is 56.6 Å². The molecule has 2 rings (SSSR count). The molecule has 2 heteroatoms. The molecular weight excluding hydrogens is 270 g/mol. The van der Waals surface area contributed by atoms with Crippen LogP contribution in [0.15, 0.2) is 30.3 Å². The summed E-state index contributed by atoms with van der Waals surface area (Å²) in [6.07, 6.45) is 11.8. The van der Waals surface area contributed by atoms with Gasteiger partial charge in [0.2, 0.25) is 0 Å². The first kappa shape index (κ1) is 17.5. The van der Waals surface area contributed by atoms with E-state index < -0.39 is 0 Å². The highest BCUT2D eigenvalue weighted by molar-refractivity contribution is 5.14. The number of ether oxygens (including phenoxy) is 1. The van der Waals surface area contributed by atoms with Crippen LogP contribution in [-0.2, 0) is 11.2 Å². The predicted octanol–water partition coefficient (Wildman–Crippen LogP) is 4.93. The van der Waals surface area contributed by atoms with Crippen LogP contribution in [0.5, 0.6) is 0 Å². The highest BCUT2D eigenvalue weighted by Gasteiger charge is 2.11. The van der Waals surface area contributed by atoms with E-state index in [9.17, 15) is 0 Å². The van der Waals surface area contributed by atoms with E-state index in [4.69, 9.17) is 4.74 Å². The van der Waals surface area contributed by atoms with E-state index in [2.05, 4.69) is 42.6 Å². The summed E-state index contributed by atoms with van der Waals surface area (Å²) >= 11 is 0. The van der Waals surface area contributed by atoms with Crippen molar-refractivity contribution in [2.24, 2.45) is 5.92 Å². The lowest BCUT2D eigenvalue weighted by atomic mass is 9.99. The molecule has 1 saturated heterocycles. The summed E-state index contributed by atoms with van der Waals surface area (Å²) in [6, 6.07) is 10.8. The van der Waals surface area contributed by atoms with Gasteiger partial charge in [0.05, 0.1) is 0 Å². The van der Waals surface area contributed by atoms with Gasteiger partial charge >= 0.3 is 0 Å². The molecule has 0 saturated carbocycles. The minimum Gasteiger partial charge on any atom is -0.363 e. The van der Waals surface area contributed by atoms with Gasteiger partial charge in [0, 0.05) is 6.61 Å². The first-order chi connectivity index (χ1) is 10.8. The molecule has 22 heavy (non-hydrogen) atoms. The van der Waals surface area contributed by atoms with E-state index in [1.807, 2.05) is 0 Å². The molecular formula is C20H33NO. The summed E-state index contributed by atoms with van der Waals surface area (Å²) in [4.78, 5) is 0. The SMILES string of the molecule is CC(CCOC1CCCCCCCN1)CCc1ccccc1. The Morgan fingerprint density at radius 1 is 1.05 bits per heavy atom. The minimum absolute atomic E-state index is 0.291. The molecule has 0 spiro atoms. The highest BCUT2D eigenvalue weighted by atomic mass is 16.5. The molecule has 0 radical (unpaired) electrons. The standard InChI is InChI=1S/C20H33NO/c1-18(13-14-19-10-6-5-7-11-19)15-17-22-20-12-8-3-2-4-9-16-21-20/h5-7,10-11,18,20-21H,2-4,8-9,12-17H2,1H3. The van der Waals surface area contributed by atoms with Crippen molar-refractivity contribution in [2.45, 2.75) is 70.9 Å². The van der Waals surface area contributed by atoms with Gasteiger partial charge in [0.1, 0.15) is 6.23 Å². The summed E-state index contributed by atoms with van der Waals surface area (Å²) in [5.74, 6) is 0.733. The lowest BCUT2D eigenvalue weighted by molar-refractivity contribution is 0.0168. The Morgan fingerprint density at radius 3 is 2.68 bits per heavy atom. The molecule has 1 aromatic carbocycles. The molecule has 1 fully saturated rings. The summed E-state index contributed by atoms with van der Waals surface area (Å²) in [7, 11) is 0. The van der Waals surface area contributed by atoms with Gasteiger partial charge in [0.15, 0.2) is 0 Å². The number of hydrogen-bond acceptors (Lipinski definition) is 2. The van der Waals surface area contributed by atoms with Crippen molar-refractivity contribution in [3.8, 4) is 0 Å². The number of rotatable bonds is 7. The van der Waals surface area contributed by atoms with Gasteiger partial charge in [-0.15, -0.1) is 0 Å². The van der Waals surface area contributed by atoms with E-state index in [0.29, 0.717) is 6.23 Å². The van der Waals surface area contributed by atoms with Crippen LogP contribution in [0.25, 0.3) is 0 Å². The minimum atomic E-state index is 0.291. The van der Waals surface area contributed by atoms with Crippen molar-refractivity contribution >= 4 is 0 Å². The number of benzene rings is 1. The Bertz CT molecular complexity index is 369. The van der Waals surface area contributed by atoms with Gasteiger partial charge in [0.25, 0.3) is 0 Å². The third-order valence-corrected chi connectivity index (χ3v) is 4.71. The van der Waals surface area contributed by atoms with Crippen LogP contribution in [0.2, 0.25) is 0 Å². The molecule has 1 aliphatic rings. The second kappa shape index (κ2) is 10.8. The van der Waals surface area contributed by atoms with Crippen LogP contribution in [0.4, 0.5) is 0 Å². The lowest BCUT2D eigenvalue weighted by Crippen LogP contribution is -2.32. The molecule has 1 aromatic rings. The Hall–Kier alpha value is -0.860. The Balaban J connectivity index is 1.58. The van der Waals surface area contributed by atoms with Crippen LogP contribution in [0, 0.1) is 5.92 Å². The van der Waals surface area contributed by atoms with Crippen LogP contribution in [-0.4, -0.2) is 19.4 Å². The van der Waals surface area contributed by atoms with Crippen LogP contribution < -0.4 is 5.32 Å². The molecule has 2 atom stereocenters. The number of aryl methyl sites for hydroxylation is 1. The zero-order valence-electron chi connectivity index (χ0n) is 14.2. The maximum atomic E-state index is 6.09. The van der Waals surface area contributed by atoms with Gasteiger partial charge in [-0.2, -0.15) is 0 Å². The summed E-state index contributed by atoms with van der Waals surface area (Å²) in [6.45, 7) is 4.37. The zero-order chi connectivity index (χ0) is 15.5. The number of hydrogen-bond donors (Lipinski definition) is 1. The van der Waals surface area contributed by atoms with Crippen LogP contribution >= 0.6 is 0 Å². The first-order valence-electron chi connectivity index (χ1n) is 9.23. The Labute approximate surface area is 136 Å². The van der Waals surface area contributed by atoms with Crippen molar-refractivity contribution in [1.29, 1.82) is 0 Å². The summed E-state index contributed by atoms with van der Waals surface area (Å²) in [5.41, 5.74) is 1.45. The molecule has 1 heterocycles. The fourth-order valence-corrected chi connectivity index (χ4v) is 3.11. The summed E-state index contributed by atoms with van der Waals surface area (Å²) < 4.78 is 6.09. The average Bonchev–Trinajstić information content (AvgIpc) is 2.68. The molecule has 0 amide bonds. The summed E-state index contributed by atoms with van der Waals surface area (Å²) in [5, 5.41) is 3.57. The average molecular weight is 303 g/mol. The second-order valence-electron chi connectivity index (χ2n) is 6.79. The molecule has 124 valence electrons. The third-order valence-electron chi connectivity index (χ3n) is 4.71. The molecule has 0 aliphatic carbocycles. The molecule has 1 N–H and O–H groups in total. The fourth-order valence-electron chi connectivity index (χ4n) is 3.11. The molecule has 2 unspecified atom stereocenters. The van der Waals surface area contributed by atoms with Gasteiger partial charge in [-0.25, -0.2) is 0 Å². The molecule has 0 aromatic heterocycles. The van der Waals surface area contributed by atoms with Gasteiger partial charge < -0.3 is 4.74 Å². The third kappa shape index (κ3) is 7.42. The normalized spacial score (nSPS) is 21.6. The van der Waals surface area contributed by atoms with E-state index >= 15 is 0 Å². The van der Waals surface area contributed by atoms with Crippen LogP contribution in [0.1, 0.15) is 63.9 Å². The fraction of sp³-hybridized carbons (Fsp3) is 0.700. The lowest BCUT2D eigenvalue weighted by Gasteiger charge is -2.20. The van der Waals surface area contributed by atoms with E-state index in [1.54, 1.807) is 0 Å². The first-order valence-corrected chi connectivity index (χ1v) is 9.23. The Morgan fingerprint density at radius 2 is 1.82 bits per heavy atom.